The minimum absolute atomic E-state index is 0.0468. The van der Waals surface area contributed by atoms with Gasteiger partial charge in [0.25, 0.3) is 0 Å². The summed E-state index contributed by atoms with van der Waals surface area (Å²) >= 11 is 1.42. The molecule has 124 valence electrons. The van der Waals surface area contributed by atoms with Crippen LogP contribution in [-0.2, 0) is 11.2 Å². The first-order valence-electron chi connectivity index (χ1n) is 7.82. The van der Waals surface area contributed by atoms with Crippen LogP contribution in [0.4, 0.5) is 15.2 Å². The molecule has 1 saturated carbocycles. The monoisotopic (exact) mass is 345 g/mol. The van der Waals surface area contributed by atoms with Crippen molar-refractivity contribution in [3.63, 3.8) is 0 Å². The number of nitrogens with one attached hydrogen (secondary N) is 1. The van der Waals surface area contributed by atoms with Gasteiger partial charge >= 0.3 is 0 Å². The standard InChI is InChI=1S/C17H16FN3O2S/c18-12-7-10(19)3-6-14(12)23-11-4-5-13-15(8-11)24-17(20-13)21-16(22)9-1-2-9/h3,6-9H,1-2,4-5,19H2,(H,20,21,22). The quantitative estimate of drug-likeness (QED) is 0.831. The molecule has 3 N–H and O–H groups in total. The number of rotatable bonds is 4. The molecule has 4 rings (SSSR count). The molecule has 7 heteroatoms. The van der Waals surface area contributed by atoms with E-state index < -0.39 is 5.82 Å². The van der Waals surface area contributed by atoms with E-state index in [2.05, 4.69) is 10.3 Å². The number of halogens is 1. The van der Waals surface area contributed by atoms with Gasteiger partial charge in [0.15, 0.2) is 16.7 Å². The molecule has 0 spiro atoms. The molecular formula is C17H16FN3O2S. The summed E-state index contributed by atoms with van der Waals surface area (Å²) in [6, 6.07) is 4.36. The van der Waals surface area contributed by atoms with E-state index in [4.69, 9.17) is 10.5 Å². The third-order valence-corrected chi connectivity index (χ3v) is 4.96. The van der Waals surface area contributed by atoms with Gasteiger partial charge in [-0.15, -0.1) is 0 Å². The molecular weight excluding hydrogens is 329 g/mol. The number of hydrogen-bond acceptors (Lipinski definition) is 5. The maximum atomic E-state index is 13.8. The molecule has 2 aliphatic rings. The highest BCUT2D eigenvalue weighted by atomic mass is 32.1. The number of aryl methyl sites for hydroxylation is 1. The fourth-order valence-corrected chi connectivity index (χ4v) is 3.52. The number of thiazole rings is 1. The summed E-state index contributed by atoms with van der Waals surface area (Å²) < 4.78 is 19.5. The number of nitrogens with zero attached hydrogens (tertiary/aromatic N) is 1. The lowest BCUT2D eigenvalue weighted by molar-refractivity contribution is -0.117. The SMILES string of the molecule is Nc1ccc(OC2=Cc3sc(NC(=O)C4CC4)nc3CC2)c(F)c1. The van der Waals surface area contributed by atoms with E-state index in [0.717, 1.165) is 23.4 Å². The van der Waals surface area contributed by atoms with Gasteiger partial charge in [-0.2, -0.15) is 0 Å². The van der Waals surface area contributed by atoms with Gasteiger partial charge in [-0.25, -0.2) is 9.37 Å². The molecule has 0 radical (unpaired) electrons. The highest BCUT2D eigenvalue weighted by Crippen LogP contribution is 2.35. The number of ether oxygens (including phenoxy) is 1. The third-order valence-electron chi connectivity index (χ3n) is 4.00. The number of amides is 1. The molecule has 1 amide bonds. The predicted molar refractivity (Wildman–Crippen MR) is 91.2 cm³/mol. The molecule has 0 aliphatic heterocycles. The number of carbonyl (C=O) groups is 1. The number of aromatic nitrogens is 1. The number of carbonyl (C=O) groups excluding carboxylic acids is 1. The van der Waals surface area contributed by atoms with Crippen LogP contribution >= 0.6 is 11.3 Å². The molecule has 2 aliphatic carbocycles. The van der Waals surface area contributed by atoms with Crippen LogP contribution in [0.3, 0.4) is 0 Å². The first kappa shape index (κ1) is 15.1. The fourth-order valence-electron chi connectivity index (χ4n) is 2.54. The molecule has 0 unspecified atom stereocenters. The second-order valence-electron chi connectivity index (χ2n) is 6.00. The van der Waals surface area contributed by atoms with E-state index in [0.29, 0.717) is 29.4 Å². The Morgan fingerprint density at radius 1 is 1.38 bits per heavy atom. The maximum Gasteiger partial charge on any atom is 0.229 e. The Labute approximate surface area is 142 Å². The molecule has 5 nitrogen and oxygen atoms in total. The van der Waals surface area contributed by atoms with Gasteiger partial charge in [0.2, 0.25) is 5.91 Å². The lowest BCUT2D eigenvalue weighted by Crippen LogP contribution is -2.13. The number of nitrogens with two attached hydrogens (primary N) is 1. The Morgan fingerprint density at radius 2 is 2.21 bits per heavy atom. The fraction of sp³-hybridized carbons (Fsp3) is 0.294. The lowest BCUT2D eigenvalue weighted by atomic mass is 10.1. The summed E-state index contributed by atoms with van der Waals surface area (Å²) in [5, 5.41) is 3.48. The number of benzene rings is 1. The van der Waals surface area contributed by atoms with Gasteiger partial charge in [0, 0.05) is 24.1 Å². The van der Waals surface area contributed by atoms with Crippen LogP contribution in [0.2, 0.25) is 0 Å². The average molecular weight is 345 g/mol. The van der Waals surface area contributed by atoms with Gasteiger partial charge < -0.3 is 15.8 Å². The van der Waals surface area contributed by atoms with E-state index >= 15 is 0 Å². The van der Waals surface area contributed by atoms with E-state index in [1.165, 1.54) is 23.5 Å². The highest BCUT2D eigenvalue weighted by Gasteiger charge is 2.30. The van der Waals surface area contributed by atoms with Crippen molar-refractivity contribution in [1.29, 1.82) is 0 Å². The molecule has 1 aromatic heterocycles. The highest BCUT2D eigenvalue weighted by molar-refractivity contribution is 7.16. The van der Waals surface area contributed by atoms with Crippen LogP contribution in [0.25, 0.3) is 6.08 Å². The van der Waals surface area contributed by atoms with Crippen molar-refractivity contribution in [2.75, 3.05) is 11.1 Å². The van der Waals surface area contributed by atoms with Crippen LogP contribution in [0.5, 0.6) is 5.75 Å². The Kier molecular flexibility index (Phi) is 3.72. The van der Waals surface area contributed by atoms with Crippen LogP contribution < -0.4 is 15.8 Å². The molecule has 24 heavy (non-hydrogen) atoms. The van der Waals surface area contributed by atoms with E-state index in [-0.39, 0.29) is 17.6 Å². The van der Waals surface area contributed by atoms with Crippen LogP contribution in [0.15, 0.2) is 24.0 Å². The smallest absolute Gasteiger partial charge is 0.229 e. The summed E-state index contributed by atoms with van der Waals surface area (Å²) in [4.78, 5) is 17.2. The zero-order valence-corrected chi connectivity index (χ0v) is 13.7. The summed E-state index contributed by atoms with van der Waals surface area (Å²) in [5.74, 6) is 0.545. The lowest BCUT2D eigenvalue weighted by Gasteiger charge is -2.14. The Hall–Kier alpha value is -2.41. The minimum atomic E-state index is -0.483. The molecule has 0 atom stereocenters. The minimum Gasteiger partial charge on any atom is -0.459 e. The van der Waals surface area contributed by atoms with Crippen LogP contribution in [0, 0.1) is 11.7 Å². The number of nitrogen functional groups attached to an aromatic ring is 1. The number of anilines is 2. The van der Waals surface area contributed by atoms with Crippen molar-refractivity contribution in [3.05, 3.63) is 40.3 Å². The van der Waals surface area contributed by atoms with Crippen molar-refractivity contribution in [2.45, 2.75) is 25.7 Å². The Bertz CT molecular complexity index is 842. The zero-order valence-electron chi connectivity index (χ0n) is 12.8. The van der Waals surface area contributed by atoms with E-state index in [1.807, 2.05) is 6.08 Å². The number of hydrogen-bond donors (Lipinski definition) is 2. The maximum absolute atomic E-state index is 13.8. The summed E-state index contributed by atoms with van der Waals surface area (Å²) in [5.41, 5.74) is 6.84. The van der Waals surface area contributed by atoms with Crippen molar-refractivity contribution in [1.82, 2.24) is 4.98 Å². The molecule has 2 aromatic rings. The second-order valence-corrected chi connectivity index (χ2v) is 7.03. The van der Waals surface area contributed by atoms with Gasteiger partial charge in [-0.1, -0.05) is 11.3 Å². The first-order valence-corrected chi connectivity index (χ1v) is 8.64. The number of fused-ring (bicyclic) bond motifs is 1. The van der Waals surface area contributed by atoms with Crippen molar-refractivity contribution >= 4 is 34.1 Å². The molecule has 1 fully saturated rings. The summed E-state index contributed by atoms with van der Waals surface area (Å²) in [6.07, 6.45) is 5.12. The summed E-state index contributed by atoms with van der Waals surface area (Å²) in [6.45, 7) is 0. The topological polar surface area (TPSA) is 77.2 Å². The van der Waals surface area contributed by atoms with Crippen molar-refractivity contribution in [2.24, 2.45) is 5.92 Å². The molecule has 1 heterocycles. The van der Waals surface area contributed by atoms with E-state index in [9.17, 15) is 9.18 Å². The number of allylic oxidation sites excluding steroid dienone is 1. The van der Waals surface area contributed by atoms with Gasteiger partial charge in [-0.3, -0.25) is 4.79 Å². The molecule has 0 saturated heterocycles. The summed E-state index contributed by atoms with van der Waals surface area (Å²) in [7, 11) is 0. The van der Waals surface area contributed by atoms with Crippen molar-refractivity contribution in [3.8, 4) is 5.75 Å². The second kappa shape index (κ2) is 5.90. The Balaban J connectivity index is 1.51. The van der Waals surface area contributed by atoms with Gasteiger partial charge in [0.05, 0.1) is 10.6 Å². The molecule has 0 bridgehead atoms. The van der Waals surface area contributed by atoms with Gasteiger partial charge in [-0.05, 0) is 37.5 Å². The van der Waals surface area contributed by atoms with Gasteiger partial charge in [0.1, 0.15) is 5.76 Å². The average Bonchev–Trinajstić information content (AvgIpc) is 3.31. The predicted octanol–water partition coefficient (Wildman–Crippen LogP) is 3.58. The van der Waals surface area contributed by atoms with E-state index in [1.54, 1.807) is 6.07 Å². The largest absolute Gasteiger partial charge is 0.459 e. The first-order chi connectivity index (χ1) is 11.6. The Morgan fingerprint density at radius 3 is 2.96 bits per heavy atom. The normalized spacial score (nSPS) is 16.3. The third kappa shape index (κ3) is 3.12. The van der Waals surface area contributed by atoms with Crippen LogP contribution in [-0.4, -0.2) is 10.9 Å². The van der Waals surface area contributed by atoms with Crippen LogP contribution in [0.1, 0.15) is 29.8 Å². The van der Waals surface area contributed by atoms with Crippen molar-refractivity contribution < 1.29 is 13.9 Å². The molecule has 1 aromatic carbocycles. The zero-order chi connectivity index (χ0) is 16.7.